The molecule has 0 atom stereocenters. The molecule has 0 heterocycles. The highest BCUT2D eigenvalue weighted by atomic mass is 31.1. The molecule has 0 amide bonds. The highest BCUT2D eigenvalue weighted by Gasteiger charge is 2.38. The summed E-state index contributed by atoms with van der Waals surface area (Å²) in [6.45, 7) is 20.5. The van der Waals surface area contributed by atoms with Gasteiger partial charge in [-0.2, -0.15) is 0 Å². The molecule has 164 valence electrons. The smallest absolute Gasteiger partial charge is 0.131 e. The SMILES string of the molecule is Cc1cc(C)c(-c2ccccc2OP(C(C)(C)C)C(C)(C)C)c(C)c1-c1ccccc1. The molecule has 2 heteroatoms. The Bertz CT molecular complexity index is 1040. The van der Waals surface area contributed by atoms with Crippen LogP contribution in [0.15, 0.2) is 60.7 Å². The number of rotatable bonds is 4. The Morgan fingerprint density at radius 3 is 1.74 bits per heavy atom. The number of hydrogen-bond acceptors (Lipinski definition) is 1. The third kappa shape index (κ3) is 5.04. The number of hydrogen-bond donors (Lipinski definition) is 0. The van der Waals surface area contributed by atoms with Crippen molar-refractivity contribution < 1.29 is 4.52 Å². The molecule has 0 aromatic heterocycles. The normalized spacial score (nSPS) is 12.3. The lowest BCUT2D eigenvalue weighted by atomic mass is 9.86. The highest BCUT2D eigenvalue weighted by molar-refractivity contribution is 7.56. The first-order valence-corrected chi connectivity index (χ1v) is 12.4. The molecule has 0 unspecified atom stereocenters. The molecule has 0 saturated heterocycles. The van der Waals surface area contributed by atoms with Gasteiger partial charge >= 0.3 is 0 Å². The molecule has 3 aromatic carbocycles. The molecule has 0 N–H and O–H groups in total. The summed E-state index contributed by atoms with van der Waals surface area (Å²) in [4.78, 5) is 0. The Labute approximate surface area is 190 Å². The van der Waals surface area contributed by atoms with E-state index in [0.717, 1.165) is 5.75 Å². The van der Waals surface area contributed by atoms with Crippen LogP contribution in [0.2, 0.25) is 0 Å². The van der Waals surface area contributed by atoms with Crippen LogP contribution < -0.4 is 4.52 Å². The largest absolute Gasteiger partial charge is 0.472 e. The maximum atomic E-state index is 6.88. The Balaban J connectivity index is 2.20. The van der Waals surface area contributed by atoms with Crippen molar-refractivity contribution in [2.24, 2.45) is 0 Å². The zero-order chi connectivity index (χ0) is 23.0. The van der Waals surface area contributed by atoms with Crippen LogP contribution in [0.5, 0.6) is 5.75 Å². The van der Waals surface area contributed by atoms with E-state index in [1.54, 1.807) is 0 Å². The van der Waals surface area contributed by atoms with Crippen molar-refractivity contribution in [2.75, 3.05) is 0 Å². The summed E-state index contributed by atoms with van der Waals surface area (Å²) in [5, 5.41) is 0.181. The molecule has 31 heavy (non-hydrogen) atoms. The first-order chi connectivity index (χ1) is 14.4. The third-order valence-corrected chi connectivity index (χ3v) is 8.42. The average molecular weight is 433 g/mol. The number of benzene rings is 3. The second-order valence-corrected chi connectivity index (χ2v) is 13.9. The van der Waals surface area contributed by atoms with Gasteiger partial charge in [-0.3, -0.25) is 0 Å². The summed E-state index contributed by atoms with van der Waals surface area (Å²) in [6, 6.07) is 21.6. The molecule has 0 aliphatic heterocycles. The fourth-order valence-corrected chi connectivity index (χ4v) is 7.70. The van der Waals surface area contributed by atoms with Gasteiger partial charge in [0.1, 0.15) is 5.75 Å². The molecule has 1 nitrogen and oxygen atoms in total. The van der Waals surface area contributed by atoms with Crippen LogP contribution in [0.3, 0.4) is 0 Å². The van der Waals surface area contributed by atoms with Gasteiger partial charge in [0, 0.05) is 15.9 Å². The molecule has 0 radical (unpaired) electrons. The van der Waals surface area contributed by atoms with Crippen molar-refractivity contribution in [1.82, 2.24) is 0 Å². The summed E-state index contributed by atoms with van der Waals surface area (Å²) in [5.41, 5.74) is 8.99. The van der Waals surface area contributed by atoms with Crippen LogP contribution in [0.4, 0.5) is 0 Å². The monoisotopic (exact) mass is 432 g/mol. The van der Waals surface area contributed by atoms with E-state index in [0.29, 0.717) is 0 Å². The lowest BCUT2D eigenvalue weighted by molar-refractivity contribution is 0.534. The van der Waals surface area contributed by atoms with E-state index in [1.807, 2.05) is 0 Å². The summed E-state index contributed by atoms with van der Waals surface area (Å²) in [6.07, 6.45) is 0. The quantitative estimate of drug-likeness (QED) is 0.373. The van der Waals surface area contributed by atoms with Crippen molar-refractivity contribution in [2.45, 2.75) is 72.6 Å². The predicted octanol–water partition coefficient (Wildman–Crippen LogP) is 9.32. The first kappa shape index (κ1) is 23.6. The van der Waals surface area contributed by atoms with Gasteiger partial charge in [0.2, 0.25) is 0 Å². The van der Waals surface area contributed by atoms with Gasteiger partial charge in [0.25, 0.3) is 0 Å². The van der Waals surface area contributed by atoms with Gasteiger partial charge in [-0.1, -0.05) is 96.1 Å². The predicted molar refractivity (Wildman–Crippen MR) is 139 cm³/mol. The van der Waals surface area contributed by atoms with E-state index in [1.165, 1.54) is 38.9 Å². The van der Waals surface area contributed by atoms with Crippen molar-refractivity contribution in [3.05, 3.63) is 77.4 Å². The van der Waals surface area contributed by atoms with Gasteiger partial charge in [0.15, 0.2) is 0 Å². The molecule has 0 aliphatic carbocycles. The second kappa shape index (κ2) is 8.79. The minimum Gasteiger partial charge on any atom is -0.472 e. The van der Waals surface area contributed by atoms with E-state index in [-0.39, 0.29) is 10.3 Å². The van der Waals surface area contributed by atoms with Crippen molar-refractivity contribution in [3.8, 4) is 28.0 Å². The number of para-hydroxylation sites is 1. The molecule has 0 aliphatic rings. The minimum atomic E-state index is -0.703. The topological polar surface area (TPSA) is 9.23 Å². The van der Waals surface area contributed by atoms with Crippen molar-refractivity contribution >= 4 is 8.15 Å². The van der Waals surface area contributed by atoms with Crippen LogP contribution in [-0.4, -0.2) is 10.3 Å². The van der Waals surface area contributed by atoms with Crippen LogP contribution in [0.25, 0.3) is 22.3 Å². The Morgan fingerprint density at radius 1 is 0.645 bits per heavy atom. The third-order valence-electron chi connectivity index (χ3n) is 5.60. The van der Waals surface area contributed by atoms with Gasteiger partial charge < -0.3 is 4.52 Å². The van der Waals surface area contributed by atoms with Crippen LogP contribution in [-0.2, 0) is 0 Å². The average Bonchev–Trinajstić information content (AvgIpc) is 2.65. The van der Waals surface area contributed by atoms with Crippen LogP contribution in [0.1, 0.15) is 58.2 Å². The summed E-state index contributed by atoms with van der Waals surface area (Å²) >= 11 is 0. The van der Waals surface area contributed by atoms with Crippen molar-refractivity contribution in [1.29, 1.82) is 0 Å². The highest BCUT2D eigenvalue weighted by Crippen LogP contribution is 2.60. The maximum Gasteiger partial charge on any atom is 0.131 e. The van der Waals surface area contributed by atoms with Crippen LogP contribution >= 0.6 is 8.15 Å². The molecule has 0 spiro atoms. The van der Waals surface area contributed by atoms with E-state index in [9.17, 15) is 0 Å². The van der Waals surface area contributed by atoms with Crippen molar-refractivity contribution in [3.63, 3.8) is 0 Å². The molecule has 0 fully saturated rings. The van der Waals surface area contributed by atoms with Gasteiger partial charge in [-0.25, -0.2) is 0 Å². The first-order valence-electron chi connectivity index (χ1n) is 11.1. The Kier molecular flexibility index (Phi) is 6.68. The molecular weight excluding hydrogens is 395 g/mol. The Morgan fingerprint density at radius 2 is 1.16 bits per heavy atom. The maximum absolute atomic E-state index is 6.88. The fourth-order valence-electron chi connectivity index (χ4n) is 4.78. The van der Waals surface area contributed by atoms with Gasteiger partial charge in [-0.05, 0) is 60.2 Å². The van der Waals surface area contributed by atoms with E-state index < -0.39 is 8.15 Å². The van der Waals surface area contributed by atoms with E-state index in [4.69, 9.17) is 4.52 Å². The summed E-state index contributed by atoms with van der Waals surface area (Å²) < 4.78 is 6.88. The fraction of sp³-hybridized carbons (Fsp3) is 0.379. The molecule has 3 aromatic rings. The lowest BCUT2D eigenvalue weighted by Gasteiger charge is -2.40. The number of aryl methyl sites for hydroxylation is 2. The standard InChI is InChI=1S/C29H37OP/c1-20-19-21(2)27(22(3)26(20)23-15-11-10-12-16-23)24-17-13-14-18-25(24)30-31(28(4,5)6)29(7,8)9/h10-19H,1-9H3. The van der Waals surface area contributed by atoms with Gasteiger partial charge in [0.05, 0.1) is 8.15 Å². The molecular formula is C29H37OP. The van der Waals surface area contributed by atoms with E-state index >= 15 is 0 Å². The molecule has 0 bridgehead atoms. The zero-order valence-corrected chi connectivity index (χ0v) is 21.5. The molecule has 0 saturated carbocycles. The van der Waals surface area contributed by atoms with Gasteiger partial charge in [-0.15, -0.1) is 0 Å². The van der Waals surface area contributed by atoms with Crippen LogP contribution in [0, 0.1) is 20.8 Å². The minimum absolute atomic E-state index is 0.0905. The molecule has 3 rings (SSSR count). The van der Waals surface area contributed by atoms with E-state index in [2.05, 4.69) is 123 Å². The zero-order valence-electron chi connectivity index (χ0n) is 20.6. The summed E-state index contributed by atoms with van der Waals surface area (Å²) in [5.74, 6) is 0.993. The Hall–Kier alpha value is -2.11. The lowest BCUT2D eigenvalue weighted by Crippen LogP contribution is -2.27. The summed E-state index contributed by atoms with van der Waals surface area (Å²) in [7, 11) is -0.703. The second-order valence-electron chi connectivity index (χ2n) is 10.5.